The van der Waals surface area contributed by atoms with Crippen LogP contribution in [0.2, 0.25) is 18.1 Å². The van der Waals surface area contributed by atoms with Crippen LogP contribution in [-0.4, -0.2) is 61.0 Å². The van der Waals surface area contributed by atoms with Crippen LogP contribution in [0.1, 0.15) is 107 Å². The first-order chi connectivity index (χ1) is 17.0. The third-order valence-corrected chi connectivity index (χ3v) is 13.5. The molecule has 0 bridgehead atoms. The molecule has 0 amide bonds. The molecule has 0 spiro atoms. The standard InChI is InChI=1S/C30H57NO5Si/c1-12-13-14-16-22(35-31-29(5,6)19-15-20-30(31,7)8)17-18-23-25(36-37(10,11)28(2,3)4)21-24(32)26(23)27(33)34-9/h17-18,22-26,32H,12-16,19-21H2,1-11H3/b18-17+/t22?,23-,24-,25+,26-/m0/s1. The minimum absolute atomic E-state index is 0.0345. The zero-order valence-corrected chi connectivity index (χ0v) is 26.7. The Hall–Kier alpha value is -0.733. The Bertz CT molecular complexity index is 756. The van der Waals surface area contributed by atoms with Gasteiger partial charge in [0.25, 0.3) is 0 Å². The number of nitrogens with zero attached hydrogens (tertiary/aromatic N) is 1. The molecule has 0 aromatic carbocycles. The summed E-state index contributed by atoms with van der Waals surface area (Å²) in [5.74, 6) is -1.25. The molecule has 37 heavy (non-hydrogen) atoms. The number of carbonyl (C=O) groups is 1. The normalized spacial score (nSPS) is 29.5. The van der Waals surface area contributed by atoms with E-state index in [1.807, 2.05) is 0 Å². The molecule has 1 aliphatic carbocycles. The van der Waals surface area contributed by atoms with Crippen molar-refractivity contribution in [1.29, 1.82) is 0 Å². The van der Waals surface area contributed by atoms with Crippen molar-refractivity contribution in [3.8, 4) is 0 Å². The van der Waals surface area contributed by atoms with Gasteiger partial charge in [-0.05, 0) is 77.9 Å². The number of hydroxylamine groups is 2. The Morgan fingerprint density at radius 1 is 1.14 bits per heavy atom. The van der Waals surface area contributed by atoms with Gasteiger partial charge in [0, 0.05) is 17.0 Å². The predicted octanol–water partition coefficient (Wildman–Crippen LogP) is 7.03. The monoisotopic (exact) mass is 539 g/mol. The van der Waals surface area contributed by atoms with Crippen molar-refractivity contribution in [2.24, 2.45) is 11.8 Å². The first-order valence-corrected chi connectivity index (χ1v) is 17.5. The summed E-state index contributed by atoms with van der Waals surface area (Å²) in [7, 11) is -0.710. The van der Waals surface area contributed by atoms with Crippen molar-refractivity contribution >= 4 is 14.3 Å². The quantitative estimate of drug-likeness (QED) is 0.132. The Morgan fingerprint density at radius 2 is 1.73 bits per heavy atom. The fourth-order valence-electron chi connectivity index (χ4n) is 5.83. The van der Waals surface area contributed by atoms with Crippen LogP contribution in [0.25, 0.3) is 0 Å². The highest BCUT2D eigenvalue weighted by molar-refractivity contribution is 6.74. The average molecular weight is 540 g/mol. The van der Waals surface area contributed by atoms with Crippen LogP contribution in [0.15, 0.2) is 12.2 Å². The molecule has 0 aromatic rings. The number of hydrogen-bond acceptors (Lipinski definition) is 6. The molecule has 0 aromatic heterocycles. The summed E-state index contributed by atoms with van der Waals surface area (Å²) in [5.41, 5.74) is -0.102. The third-order valence-electron chi connectivity index (χ3n) is 9.02. The van der Waals surface area contributed by atoms with Crippen LogP contribution in [0.4, 0.5) is 0 Å². The van der Waals surface area contributed by atoms with Crippen LogP contribution in [-0.2, 0) is 18.8 Å². The van der Waals surface area contributed by atoms with E-state index in [0.717, 1.165) is 38.5 Å². The molecule has 1 unspecified atom stereocenters. The number of piperidine rings is 1. The van der Waals surface area contributed by atoms with Gasteiger partial charge < -0.3 is 14.3 Å². The van der Waals surface area contributed by atoms with Crippen molar-refractivity contribution in [1.82, 2.24) is 5.06 Å². The number of carbonyl (C=O) groups excluding carboxylic acids is 1. The lowest BCUT2D eigenvalue weighted by atomic mass is 9.82. The lowest BCUT2D eigenvalue weighted by Gasteiger charge is -2.52. The molecule has 1 saturated heterocycles. The molecule has 2 fully saturated rings. The van der Waals surface area contributed by atoms with Gasteiger partial charge in [0.05, 0.1) is 31.3 Å². The van der Waals surface area contributed by atoms with Crippen LogP contribution in [0, 0.1) is 11.8 Å². The van der Waals surface area contributed by atoms with Gasteiger partial charge in [-0.25, -0.2) is 0 Å². The summed E-state index contributed by atoms with van der Waals surface area (Å²) < 4.78 is 11.9. The highest BCUT2D eigenvalue weighted by atomic mass is 28.4. The minimum Gasteiger partial charge on any atom is -0.469 e. The maximum Gasteiger partial charge on any atom is 0.311 e. The Morgan fingerprint density at radius 3 is 2.24 bits per heavy atom. The number of aliphatic hydroxyl groups is 1. The van der Waals surface area contributed by atoms with E-state index in [1.165, 1.54) is 13.5 Å². The Kier molecular flexibility index (Phi) is 11.1. The molecule has 2 rings (SSSR count). The topological polar surface area (TPSA) is 68.2 Å². The number of hydrogen-bond donors (Lipinski definition) is 1. The maximum atomic E-state index is 12.8. The summed E-state index contributed by atoms with van der Waals surface area (Å²) >= 11 is 0. The van der Waals surface area contributed by atoms with E-state index in [-0.39, 0.29) is 40.2 Å². The number of esters is 1. The first kappa shape index (κ1) is 32.5. The van der Waals surface area contributed by atoms with Gasteiger partial charge in [0.2, 0.25) is 0 Å². The zero-order valence-electron chi connectivity index (χ0n) is 25.7. The van der Waals surface area contributed by atoms with Gasteiger partial charge in [0.15, 0.2) is 8.32 Å². The molecule has 2 aliphatic rings. The van der Waals surface area contributed by atoms with Gasteiger partial charge in [-0.1, -0.05) is 59.1 Å². The molecule has 0 radical (unpaired) electrons. The van der Waals surface area contributed by atoms with Gasteiger partial charge in [-0.3, -0.25) is 9.63 Å². The first-order valence-electron chi connectivity index (χ1n) is 14.6. The number of ether oxygens (including phenoxy) is 1. The molecular weight excluding hydrogens is 482 g/mol. The molecule has 5 atom stereocenters. The van der Waals surface area contributed by atoms with Crippen LogP contribution >= 0.6 is 0 Å². The molecular formula is C30H57NO5Si. The van der Waals surface area contributed by atoms with E-state index >= 15 is 0 Å². The van der Waals surface area contributed by atoms with Crippen molar-refractivity contribution < 1.29 is 23.9 Å². The fourth-order valence-corrected chi connectivity index (χ4v) is 7.20. The van der Waals surface area contributed by atoms with Crippen LogP contribution in [0.3, 0.4) is 0 Å². The van der Waals surface area contributed by atoms with Crippen LogP contribution in [0.5, 0.6) is 0 Å². The summed E-state index contributed by atoms with van der Waals surface area (Å²) in [5, 5.41) is 13.2. The van der Waals surface area contributed by atoms with E-state index < -0.39 is 20.3 Å². The molecule has 1 N–H and O–H groups in total. The van der Waals surface area contributed by atoms with Gasteiger partial charge >= 0.3 is 5.97 Å². The molecule has 6 nitrogen and oxygen atoms in total. The Balaban J connectivity index is 2.37. The lowest BCUT2D eigenvalue weighted by molar-refractivity contribution is -0.297. The van der Waals surface area contributed by atoms with Crippen molar-refractivity contribution in [3.05, 3.63) is 12.2 Å². The molecule has 1 aliphatic heterocycles. The number of methoxy groups -OCH3 is 1. The van der Waals surface area contributed by atoms with Crippen molar-refractivity contribution in [2.45, 2.75) is 154 Å². The molecule has 1 heterocycles. The van der Waals surface area contributed by atoms with E-state index in [0.29, 0.717) is 6.42 Å². The second-order valence-corrected chi connectivity index (χ2v) is 18.9. The number of unbranched alkanes of at least 4 members (excludes halogenated alkanes) is 2. The smallest absolute Gasteiger partial charge is 0.311 e. The summed E-state index contributed by atoms with van der Waals surface area (Å²) in [6.07, 6.45) is 11.3. The largest absolute Gasteiger partial charge is 0.469 e. The lowest BCUT2D eigenvalue weighted by Crippen LogP contribution is -2.59. The highest BCUT2D eigenvalue weighted by Crippen LogP contribution is 2.44. The van der Waals surface area contributed by atoms with Crippen molar-refractivity contribution in [3.63, 3.8) is 0 Å². The second kappa shape index (κ2) is 12.6. The number of rotatable bonds is 11. The molecule has 1 saturated carbocycles. The third kappa shape index (κ3) is 8.13. The van der Waals surface area contributed by atoms with Crippen molar-refractivity contribution in [2.75, 3.05) is 7.11 Å². The summed E-state index contributed by atoms with van der Waals surface area (Å²) in [6, 6.07) is 0. The summed E-state index contributed by atoms with van der Waals surface area (Å²) in [4.78, 5) is 19.6. The second-order valence-electron chi connectivity index (χ2n) is 14.1. The molecule has 216 valence electrons. The van der Waals surface area contributed by atoms with E-state index in [2.05, 4.69) is 85.7 Å². The predicted molar refractivity (Wildman–Crippen MR) is 154 cm³/mol. The minimum atomic E-state index is -2.11. The SMILES string of the molecule is CCCCCC(/C=C/[C@@H]1[C@H](C(=O)OC)[C@@H](O)C[C@H]1O[Si](C)(C)C(C)(C)C)ON1C(C)(C)CCCC1(C)C. The summed E-state index contributed by atoms with van der Waals surface area (Å²) in [6.45, 7) is 22.4. The number of aliphatic hydroxyl groups excluding tert-OH is 1. The van der Waals surface area contributed by atoms with E-state index in [4.69, 9.17) is 14.0 Å². The van der Waals surface area contributed by atoms with Gasteiger partial charge in [-0.15, -0.1) is 0 Å². The van der Waals surface area contributed by atoms with Crippen LogP contribution < -0.4 is 0 Å². The zero-order chi connectivity index (χ0) is 28.2. The maximum absolute atomic E-state index is 12.8. The fraction of sp³-hybridized carbons (Fsp3) is 0.900. The highest BCUT2D eigenvalue weighted by Gasteiger charge is 2.50. The molecule has 7 heteroatoms. The average Bonchev–Trinajstić information content (AvgIpc) is 3.06. The van der Waals surface area contributed by atoms with Gasteiger partial charge in [0.1, 0.15) is 0 Å². The van der Waals surface area contributed by atoms with E-state index in [9.17, 15) is 9.90 Å². The van der Waals surface area contributed by atoms with Gasteiger partial charge in [-0.2, -0.15) is 5.06 Å². The Labute approximate surface area is 228 Å². The van der Waals surface area contributed by atoms with E-state index in [1.54, 1.807) is 0 Å².